The molecule has 0 radical (unpaired) electrons. The number of carboxylic acid groups (broad SMARTS) is 1. The summed E-state index contributed by atoms with van der Waals surface area (Å²) in [5.74, 6) is -1.07. The molecule has 1 aliphatic rings. The summed E-state index contributed by atoms with van der Waals surface area (Å²) in [6.07, 6.45) is 3.06. The maximum atomic E-state index is 12.4. The van der Waals surface area contributed by atoms with Gasteiger partial charge in [-0.05, 0) is 49.9 Å². The molecule has 0 spiro atoms. The van der Waals surface area contributed by atoms with Gasteiger partial charge < -0.3 is 14.4 Å². The standard InChI is InChI=1S/C17H19NO4/c1-10-6-13-12(9-22-15(13)7-11(10)2)8-16(19)18-5-3-4-14(18)17(20)21/h6-7,9,14H,3-5,8H2,1-2H3,(H,20,21)/t14-/m0/s1. The Morgan fingerprint density at radius 2 is 2.05 bits per heavy atom. The molecule has 5 nitrogen and oxygen atoms in total. The second-order valence-electron chi connectivity index (χ2n) is 5.95. The highest BCUT2D eigenvalue weighted by Crippen LogP contribution is 2.26. The number of hydrogen-bond acceptors (Lipinski definition) is 3. The summed E-state index contributed by atoms with van der Waals surface area (Å²) < 4.78 is 5.54. The second-order valence-corrected chi connectivity index (χ2v) is 5.95. The third kappa shape index (κ3) is 2.47. The quantitative estimate of drug-likeness (QED) is 0.946. The van der Waals surface area contributed by atoms with E-state index in [1.165, 1.54) is 4.90 Å². The van der Waals surface area contributed by atoms with Crippen LogP contribution in [-0.4, -0.2) is 34.5 Å². The number of hydrogen-bond donors (Lipinski definition) is 1. The number of aliphatic carboxylic acids is 1. The van der Waals surface area contributed by atoms with Crippen LogP contribution in [0, 0.1) is 13.8 Å². The van der Waals surface area contributed by atoms with Crippen LogP contribution in [0.2, 0.25) is 0 Å². The summed E-state index contributed by atoms with van der Waals surface area (Å²) in [6.45, 7) is 4.56. The lowest BCUT2D eigenvalue weighted by Gasteiger charge is -2.21. The Bertz CT molecular complexity index is 746. The summed E-state index contributed by atoms with van der Waals surface area (Å²) in [5, 5.41) is 10.1. The number of likely N-dealkylation sites (tertiary alicyclic amines) is 1. The van der Waals surface area contributed by atoms with Crippen molar-refractivity contribution < 1.29 is 19.1 Å². The fourth-order valence-corrected chi connectivity index (χ4v) is 3.06. The minimum atomic E-state index is -0.922. The fourth-order valence-electron chi connectivity index (χ4n) is 3.06. The molecule has 1 aromatic carbocycles. The number of carboxylic acids is 1. The van der Waals surface area contributed by atoms with E-state index in [1.807, 2.05) is 26.0 Å². The first-order valence-electron chi connectivity index (χ1n) is 7.47. The van der Waals surface area contributed by atoms with Crippen molar-refractivity contribution in [3.8, 4) is 0 Å². The molecular weight excluding hydrogens is 282 g/mol. The van der Waals surface area contributed by atoms with Gasteiger partial charge in [-0.2, -0.15) is 0 Å². The molecule has 1 amide bonds. The molecule has 116 valence electrons. The molecule has 0 aliphatic carbocycles. The molecular formula is C17H19NO4. The molecule has 5 heteroatoms. The lowest BCUT2D eigenvalue weighted by atomic mass is 10.0. The van der Waals surface area contributed by atoms with E-state index >= 15 is 0 Å². The number of aryl methyl sites for hydroxylation is 2. The Labute approximate surface area is 128 Å². The first-order valence-corrected chi connectivity index (χ1v) is 7.47. The van der Waals surface area contributed by atoms with Gasteiger partial charge >= 0.3 is 5.97 Å². The number of nitrogens with zero attached hydrogens (tertiary/aromatic N) is 1. The highest BCUT2D eigenvalue weighted by Gasteiger charge is 2.34. The molecule has 2 heterocycles. The van der Waals surface area contributed by atoms with Crippen molar-refractivity contribution >= 4 is 22.8 Å². The monoisotopic (exact) mass is 301 g/mol. The molecule has 2 aromatic rings. The number of carbonyl (C=O) groups is 2. The summed E-state index contributed by atoms with van der Waals surface area (Å²) in [4.78, 5) is 25.1. The number of amides is 1. The topological polar surface area (TPSA) is 70.8 Å². The molecule has 1 fully saturated rings. The van der Waals surface area contributed by atoms with Gasteiger partial charge in [0.05, 0.1) is 12.7 Å². The number of carbonyl (C=O) groups excluding carboxylic acids is 1. The third-order valence-corrected chi connectivity index (χ3v) is 4.47. The van der Waals surface area contributed by atoms with Gasteiger partial charge in [0.25, 0.3) is 0 Å². The third-order valence-electron chi connectivity index (χ3n) is 4.47. The van der Waals surface area contributed by atoms with E-state index in [4.69, 9.17) is 4.42 Å². The SMILES string of the molecule is Cc1cc2occ(CC(=O)N3CCC[C@H]3C(=O)O)c2cc1C. The van der Waals surface area contributed by atoms with Crippen molar-refractivity contribution in [3.05, 3.63) is 35.1 Å². The molecule has 1 N–H and O–H groups in total. The van der Waals surface area contributed by atoms with E-state index in [-0.39, 0.29) is 12.3 Å². The summed E-state index contributed by atoms with van der Waals surface area (Å²) >= 11 is 0. The van der Waals surface area contributed by atoms with Gasteiger partial charge in [0.1, 0.15) is 11.6 Å². The molecule has 1 saturated heterocycles. The highest BCUT2D eigenvalue weighted by molar-refractivity contribution is 5.90. The van der Waals surface area contributed by atoms with E-state index in [9.17, 15) is 14.7 Å². The normalized spacial score (nSPS) is 18.1. The number of fused-ring (bicyclic) bond motifs is 1. The molecule has 0 saturated carbocycles. The van der Waals surface area contributed by atoms with E-state index in [1.54, 1.807) is 6.26 Å². The molecule has 3 rings (SSSR count). The van der Waals surface area contributed by atoms with Crippen LogP contribution in [0.4, 0.5) is 0 Å². The smallest absolute Gasteiger partial charge is 0.326 e. The Balaban J connectivity index is 1.85. The average Bonchev–Trinajstić information content (AvgIpc) is 3.08. The maximum Gasteiger partial charge on any atom is 0.326 e. The minimum Gasteiger partial charge on any atom is -0.480 e. The second kappa shape index (κ2) is 5.48. The Hall–Kier alpha value is -2.30. The van der Waals surface area contributed by atoms with Crippen LogP contribution in [0.25, 0.3) is 11.0 Å². The van der Waals surface area contributed by atoms with Gasteiger partial charge in [-0.15, -0.1) is 0 Å². The molecule has 0 unspecified atom stereocenters. The van der Waals surface area contributed by atoms with Crippen LogP contribution in [0.1, 0.15) is 29.5 Å². The van der Waals surface area contributed by atoms with E-state index in [0.29, 0.717) is 13.0 Å². The van der Waals surface area contributed by atoms with Gasteiger partial charge in [0.15, 0.2) is 0 Å². The largest absolute Gasteiger partial charge is 0.480 e. The predicted octanol–water partition coefficient (Wildman–Crippen LogP) is 2.67. The summed E-state index contributed by atoms with van der Waals surface area (Å²) in [7, 11) is 0. The molecule has 22 heavy (non-hydrogen) atoms. The van der Waals surface area contributed by atoms with Gasteiger partial charge in [-0.1, -0.05) is 0 Å². The lowest BCUT2D eigenvalue weighted by Crippen LogP contribution is -2.41. The Kier molecular flexibility index (Phi) is 3.64. The van der Waals surface area contributed by atoms with Crippen LogP contribution in [-0.2, 0) is 16.0 Å². The van der Waals surface area contributed by atoms with Gasteiger partial charge in [0, 0.05) is 17.5 Å². The molecule has 0 bridgehead atoms. The first kappa shape index (κ1) is 14.6. The van der Waals surface area contributed by atoms with E-state index in [0.717, 1.165) is 34.1 Å². The van der Waals surface area contributed by atoms with Crippen molar-refractivity contribution in [1.29, 1.82) is 0 Å². The van der Waals surface area contributed by atoms with Crippen LogP contribution in [0.15, 0.2) is 22.8 Å². The molecule has 1 atom stereocenters. The zero-order chi connectivity index (χ0) is 15.9. The van der Waals surface area contributed by atoms with Gasteiger partial charge in [-0.3, -0.25) is 4.79 Å². The van der Waals surface area contributed by atoms with Crippen LogP contribution in [0.3, 0.4) is 0 Å². The minimum absolute atomic E-state index is 0.147. The summed E-state index contributed by atoms with van der Waals surface area (Å²) in [5.41, 5.74) is 3.87. The summed E-state index contributed by atoms with van der Waals surface area (Å²) in [6, 6.07) is 3.30. The number of benzene rings is 1. The van der Waals surface area contributed by atoms with Crippen LogP contribution >= 0.6 is 0 Å². The molecule has 1 aromatic heterocycles. The Morgan fingerprint density at radius 3 is 2.77 bits per heavy atom. The van der Waals surface area contributed by atoms with Gasteiger partial charge in [0.2, 0.25) is 5.91 Å². The average molecular weight is 301 g/mol. The van der Waals surface area contributed by atoms with Crippen molar-refractivity contribution in [3.63, 3.8) is 0 Å². The number of furan rings is 1. The van der Waals surface area contributed by atoms with E-state index < -0.39 is 12.0 Å². The lowest BCUT2D eigenvalue weighted by molar-refractivity contribution is -0.147. The number of rotatable bonds is 3. The Morgan fingerprint density at radius 1 is 1.32 bits per heavy atom. The predicted molar refractivity (Wildman–Crippen MR) is 81.8 cm³/mol. The van der Waals surface area contributed by atoms with Crippen LogP contribution < -0.4 is 0 Å². The van der Waals surface area contributed by atoms with Crippen LogP contribution in [0.5, 0.6) is 0 Å². The fraction of sp³-hybridized carbons (Fsp3) is 0.412. The molecule has 1 aliphatic heterocycles. The van der Waals surface area contributed by atoms with Crippen molar-refractivity contribution in [1.82, 2.24) is 4.90 Å². The highest BCUT2D eigenvalue weighted by atomic mass is 16.4. The first-order chi connectivity index (χ1) is 10.5. The zero-order valence-electron chi connectivity index (χ0n) is 12.8. The zero-order valence-corrected chi connectivity index (χ0v) is 12.8. The van der Waals surface area contributed by atoms with Gasteiger partial charge in [-0.25, -0.2) is 4.79 Å². The van der Waals surface area contributed by atoms with Crippen molar-refractivity contribution in [2.75, 3.05) is 6.54 Å². The van der Waals surface area contributed by atoms with Crippen molar-refractivity contribution in [2.24, 2.45) is 0 Å². The van der Waals surface area contributed by atoms with E-state index in [2.05, 4.69) is 0 Å². The maximum absolute atomic E-state index is 12.4. The van der Waals surface area contributed by atoms with Crippen molar-refractivity contribution in [2.45, 2.75) is 39.2 Å².